The predicted molar refractivity (Wildman–Crippen MR) is 35.3 cm³/mol. The molecule has 0 aliphatic carbocycles. The second-order valence-electron chi connectivity index (χ2n) is 2.00. The average Bonchev–Trinajstić information content (AvgIpc) is 2.18. The van der Waals surface area contributed by atoms with Crippen molar-refractivity contribution < 1.29 is 4.84 Å². The molecule has 4 heteroatoms. The van der Waals surface area contributed by atoms with Gasteiger partial charge in [-0.25, -0.2) is 0 Å². The lowest BCUT2D eigenvalue weighted by Gasteiger charge is -1.98. The van der Waals surface area contributed by atoms with E-state index in [1.54, 1.807) is 0 Å². The molecule has 9 heavy (non-hydrogen) atoms. The number of rotatable bonds is 1. The van der Waals surface area contributed by atoms with Gasteiger partial charge >= 0.3 is 0 Å². The van der Waals surface area contributed by atoms with Crippen LogP contribution in [0.4, 0.5) is 0 Å². The Morgan fingerprint density at radius 1 is 1.89 bits per heavy atom. The quantitative estimate of drug-likeness (QED) is 0.443. The maximum atomic E-state index is 5.59. The first-order valence-corrected chi connectivity index (χ1v) is 2.91. The summed E-state index contributed by atoms with van der Waals surface area (Å²) < 4.78 is 0. The van der Waals surface area contributed by atoms with Gasteiger partial charge in [-0.15, -0.1) is 0 Å². The number of hydrogen-bond donors (Lipinski definition) is 2. The molecule has 0 radical (unpaired) electrons. The minimum atomic E-state index is 0.0462. The fraction of sp³-hybridized carbons (Fsp3) is 0.800. The Kier molecular flexibility index (Phi) is 2.02. The van der Waals surface area contributed by atoms with E-state index in [1.807, 2.05) is 0 Å². The van der Waals surface area contributed by atoms with Gasteiger partial charge in [-0.05, 0) is 0 Å². The summed E-state index contributed by atoms with van der Waals surface area (Å²) in [6.07, 6.45) is 0. The van der Waals surface area contributed by atoms with Crippen LogP contribution in [0.25, 0.3) is 0 Å². The Labute approximate surface area is 54.0 Å². The summed E-state index contributed by atoms with van der Waals surface area (Å²) in [4.78, 5) is 4.56. The monoisotopic (exact) mass is 129 g/mol. The van der Waals surface area contributed by atoms with Gasteiger partial charge in [-0.3, -0.25) is 0 Å². The van der Waals surface area contributed by atoms with E-state index in [-0.39, 0.29) is 6.04 Å². The van der Waals surface area contributed by atoms with Crippen molar-refractivity contribution in [1.82, 2.24) is 5.32 Å². The van der Waals surface area contributed by atoms with Gasteiger partial charge in [0.05, 0.1) is 11.8 Å². The van der Waals surface area contributed by atoms with Gasteiger partial charge in [0.1, 0.15) is 7.11 Å². The molecule has 1 aliphatic heterocycles. The van der Waals surface area contributed by atoms with Crippen molar-refractivity contribution >= 4 is 5.71 Å². The van der Waals surface area contributed by atoms with Gasteiger partial charge in [-0.2, -0.15) is 0 Å². The molecule has 1 fully saturated rings. The first-order chi connectivity index (χ1) is 4.34. The van der Waals surface area contributed by atoms with Crippen LogP contribution >= 0.6 is 0 Å². The van der Waals surface area contributed by atoms with E-state index in [0.29, 0.717) is 0 Å². The molecule has 1 unspecified atom stereocenters. The maximum absolute atomic E-state index is 5.59. The van der Waals surface area contributed by atoms with Crippen LogP contribution in [-0.4, -0.2) is 32.0 Å². The summed E-state index contributed by atoms with van der Waals surface area (Å²) in [7, 11) is 1.53. The lowest BCUT2D eigenvalue weighted by molar-refractivity contribution is 0.212. The molecule has 0 bridgehead atoms. The first kappa shape index (κ1) is 6.51. The number of nitrogens with zero attached hydrogens (tertiary/aromatic N) is 1. The Bertz CT molecular complexity index is 123. The highest BCUT2D eigenvalue weighted by molar-refractivity contribution is 5.92. The van der Waals surface area contributed by atoms with E-state index >= 15 is 0 Å². The third-order valence-electron chi connectivity index (χ3n) is 1.31. The molecule has 1 rings (SSSR count). The van der Waals surface area contributed by atoms with Crippen molar-refractivity contribution in [3.63, 3.8) is 0 Å². The normalized spacial score (nSPS) is 31.3. The Morgan fingerprint density at radius 3 is 3.11 bits per heavy atom. The number of nitrogens with two attached hydrogens (primary N) is 1. The molecule has 3 N–H and O–H groups in total. The zero-order valence-corrected chi connectivity index (χ0v) is 5.42. The second kappa shape index (κ2) is 2.80. The maximum Gasteiger partial charge on any atom is 0.106 e. The lowest BCUT2D eigenvalue weighted by atomic mass is 10.2. The molecule has 1 aliphatic rings. The predicted octanol–water partition coefficient (Wildman–Crippen LogP) is -1.08. The fourth-order valence-electron chi connectivity index (χ4n) is 0.822. The summed E-state index contributed by atoms with van der Waals surface area (Å²) >= 11 is 0. The first-order valence-electron chi connectivity index (χ1n) is 2.91. The largest absolute Gasteiger partial charge is 0.399 e. The molecule has 0 amide bonds. The summed E-state index contributed by atoms with van der Waals surface area (Å²) in [5, 5.41) is 6.80. The second-order valence-corrected chi connectivity index (χ2v) is 2.00. The van der Waals surface area contributed by atoms with Crippen molar-refractivity contribution in [2.24, 2.45) is 10.9 Å². The molecule has 0 saturated carbocycles. The van der Waals surface area contributed by atoms with Crippen molar-refractivity contribution in [2.75, 3.05) is 20.2 Å². The van der Waals surface area contributed by atoms with E-state index in [0.717, 1.165) is 18.8 Å². The van der Waals surface area contributed by atoms with E-state index in [1.165, 1.54) is 7.11 Å². The molecule has 1 heterocycles. The number of hydrogen-bond acceptors (Lipinski definition) is 4. The van der Waals surface area contributed by atoms with Crippen molar-refractivity contribution in [3.05, 3.63) is 0 Å². The highest BCUT2D eigenvalue weighted by atomic mass is 16.6. The van der Waals surface area contributed by atoms with E-state index in [2.05, 4.69) is 15.3 Å². The smallest absolute Gasteiger partial charge is 0.106 e. The van der Waals surface area contributed by atoms with Crippen LogP contribution in [0, 0.1) is 0 Å². The van der Waals surface area contributed by atoms with Crippen LogP contribution in [-0.2, 0) is 4.84 Å². The lowest BCUT2D eigenvalue weighted by Crippen LogP contribution is -2.29. The molecule has 0 aromatic rings. The van der Waals surface area contributed by atoms with Gasteiger partial charge in [-0.1, -0.05) is 5.16 Å². The van der Waals surface area contributed by atoms with Gasteiger partial charge in [0.2, 0.25) is 0 Å². The van der Waals surface area contributed by atoms with E-state index in [9.17, 15) is 0 Å². The molecular weight excluding hydrogens is 118 g/mol. The standard InChI is InChI=1S/C5H11N3O/c1-9-8-5-3-7-2-4(5)6/h4,7H,2-3,6H2,1H3/b8-5-. The summed E-state index contributed by atoms with van der Waals surface area (Å²) in [6.45, 7) is 1.57. The van der Waals surface area contributed by atoms with E-state index < -0.39 is 0 Å². The highest BCUT2D eigenvalue weighted by Gasteiger charge is 2.17. The van der Waals surface area contributed by atoms with Crippen LogP contribution < -0.4 is 11.1 Å². The molecule has 4 nitrogen and oxygen atoms in total. The SMILES string of the molecule is CO/N=C1/CNCC1N. The van der Waals surface area contributed by atoms with Crippen LogP contribution in [0.2, 0.25) is 0 Å². The zero-order valence-electron chi connectivity index (χ0n) is 5.42. The van der Waals surface area contributed by atoms with Crippen molar-refractivity contribution in [2.45, 2.75) is 6.04 Å². The van der Waals surface area contributed by atoms with Crippen LogP contribution in [0.1, 0.15) is 0 Å². The summed E-state index contributed by atoms with van der Waals surface area (Å²) in [5.74, 6) is 0. The molecule has 0 spiro atoms. The molecular formula is C5H11N3O. The average molecular weight is 129 g/mol. The Balaban J connectivity index is 2.48. The number of oxime groups is 1. The molecule has 0 aromatic carbocycles. The minimum Gasteiger partial charge on any atom is -0.399 e. The molecule has 52 valence electrons. The van der Waals surface area contributed by atoms with Crippen LogP contribution in [0.15, 0.2) is 5.16 Å². The highest BCUT2D eigenvalue weighted by Crippen LogP contribution is 1.91. The fourth-order valence-corrected chi connectivity index (χ4v) is 0.822. The third-order valence-corrected chi connectivity index (χ3v) is 1.31. The van der Waals surface area contributed by atoms with Gasteiger partial charge < -0.3 is 15.9 Å². The summed E-state index contributed by atoms with van der Waals surface area (Å²) in [5.41, 5.74) is 6.49. The Hall–Kier alpha value is -0.610. The molecule has 0 aromatic heterocycles. The van der Waals surface area contributed by atoms with Crippen LogP contribution in [0.3, 0.4) is 0 Å². The van der Waals surface area contributed by atoms with Crippen LogP contribution in [0.5, 0.6) is 0 Å². The Morgan fingerprint density at radius 2 is 2.67 bits per heavy atom. The van der Waals surface area contributed by atoms with Crippen molar-refractivity contribution in [3.8, 4) is 0 Å². The molecule has 1 saturated heterocycles. The zero-order chi connectivity index (χ0) is 6.69. The topological polar surface area (TPSA) is 59.6 Å². The third kappa shape index (κ3) is 1.40. The molecule has 1 atom stereocenters. The minimum absolute atomic E-state index is 0.0462. The number of nitrogens with one attached hydrogen (secondary N) is 1. The van der Waals surface area contributed by atoms with Gasteiger partial charge in [0, 0.05) is 13.1 Å². The van der Waals surface area contributed by atoms with Gasteiger partial charge in [0.15, 0.2) is 0 Å². The summed E-state index contributed by atoms with van der Waals surface area (Å²) in [6, 6.07) is 0.0462. The van der Waals surface area contributed by atoms with E-state index in [4.69, 9.17) is 5.73 Å². The van der Waals surface area contributed by atoms with Crippen molar-refractivity contribution in [1.29, 1.82) is 0 Å². The van der Waals surface area contributed by atoms with Gasteiger partial charge in [0.25, 0.3) is 0 Å².